The van der Waals surface area contributed by atoms with Gasteiger partial charge in [-0.3, -0.25) is 10.2 Å². The first-order valence-electron chi connectivity index (χ1n) is 4.16. The first-order valence-corrected chi connectivity index (χ1v) is 5.55. The van der Waals surface area contributed by atoms with Crippen LogP contribution in [-0.2, 0) is 5.75 Å². The van der Waals surface area contributed by atoms with Crippen LogP contribution in [0.5, 0.6) is 0 Å². The average molecular weight is 223 g/mol. The molecule has 72 valence electrons. The maximum absolute atomic E-state index is 4.86. The quantitative estimate of drug-likeness (QED) is 0.621. The number of thioether (sulfide) groups is 1. The summed E-state index contributed by atoms with van der Waals surface area (Å²) in [6.07, 6.45) is 0. The fraction of sp³-hybridized carbons (Fsp3) is 0.111. The molecule has 0 fully saturated rings. The lowest BCUT2D eigenvalue weighted by Gasteiger charge is -1.97. The summed E-state index contributed by atoms with van der Waals surface area (Å²) in [6, 6.07) is 10.2. The lowest BCUT2D eigenvalue weighted by Crippen LogP contribution is -1.83. The van der Waals surface area contributed by atoms with E-state index in [9.17, 15) is 0 Å². The topological polar surface area (TPSA) is 44.5 Å². The minimum atomic E-state index is 0.508. The number of aromatic amines is 2. The van der Waals surface area contributed by atoms with Crippen molar-refractivity contribution in [3.05, 3.63) is 40.9 Å². The number of hydrogen-bond acceptors (Lipinski definition) is 3. The minimum Gasteiger partial charge on any atom is -0.285 e. The Morgan fingerprint density at radius 3 is 2.64 bits per heavy atom. The first-order chi connectivity index (χ1) is 6.84. The van der Waals surface area contributed by atoms with Gasteiger partial charge in [0.2, 0.25) is 4.77 Å². The Hall–Kier alpha value is -1.07. The van der Waals surface area contributed by atoms with Gasteiger partial charge >= 0.3 is 0 Å². The van der Waals surface area contributed by atoms with E-state index < -0.39 is 0 Å². The van der Waals surface area contributed by atoms with E-state index in [1.807, 2.05) is 18.2 Å². The van der Waals surface area contributed by atoms with Crippen LogP contribution < -0.4 is 0 Å². The molecule has 0 unspecified atom stereocenters. The number of hydrogen-bond donors (Lipinski definition) is 2. The normalized spacial score (nSPS) is 10.3. The Morgan fingerprint density at radius 2 is 2.00 bits per heavy atom. The fourth-order valence-electron chi connectivity index (χ4n) is 1.04. The van der Waals surface area contributed by atoms with E-state index in [1.165, 1.54) is 4.90 Å². The van der Waals surface area contributed by atoms with Gasteiger partial charge in [-0.25, -0.2) is 4.98 Å². The zero-order chi connectivity index (χ0) is 9.80. The highest BCUT2D eigenvalue weighted by atomic mass is 32.2. The van der Waals surface area contributed by atoms with Crippen molar-refractivity contribution in [2.45, 2.75) is 10.6 Å². The van der Waals surface area contributed by atoms with Crippen molar-refractivity contribution in [3.63, 3.8) is 0 Å². The summed E-state index contributed by atoms with van der Waals surface area (Å²) in [5.74, 6) is 1.68. The summed E-state index contributed by atoms with van der Waals surface area (Å²) >= 11 is 6.58. The van der Waals surface area contributed by atoms with Gasteiger partial charge in [0.1, 0.15) is 5.82 Å². The van der Waals surface area contributed by atoms with Gasteiger partial charge in [0.15, 0.2) is 0 Å². The van der Waals surface area contributed by atoms with Crippen LogP contribution in [0.3, 0.4) is 0 Å². The predicted octanol–water partition coefficient (Wildman–Crippen LogP) is 2.76. The van der Waals surface area contributed by atoms with E-state index in [4.69, 9.17) is 12.2 Å². The molecule has 5 heteroatoms. The molecule has 0 bridgehead atoms. The molecule has 1 aromatic carbocycles. The molecule has 14 heavy (non-hydrogen) atoms. The Bertz CT molecular complexity index is 446. The van der Waals surface area contributed by atoms with Crippen LogP contribution in [0, 0.1) is 4.77 Å². The molecule has 2 aromatic rings. The molecule has 1 aromatic heterocycles. The third-order valence-corrected chi connectivity index (χ3v) is 2.89. The molecule has 0 aliphatic carbocycles. The third kappa shape index (κ3) is 2.46. The summed E-state index contributed by atoms with van der Waals surface area (Å²) in [4.78, 5) is 5.34. The molecular formula is C9H9N3S2. The zero-order valence-corrected chi connectivity index (χ0v) is 8.99. The van der Waals surface area contributed by atoms with E-state index in [0.29, 0.717) is 4.77 Å². The van der Waals surface area contributed by atoms with Gasteiger partial charge in [0.05, 0.1) is 5.75 Å². The van der Waals surface area contributed by atoms with Gasteiger partial charge in [-0.15, -0.1) is 11.8 Å². The monoisotopic (exact) mass is 223 g/mol. The van der Waals surface area contributed by atoms with Gasteiger partial charge in [-0.1, -0.05) is 18.2 Å². The molecule has 0 atom stereocenters. The summed E-state index contributed by atoms with van der Waals surface area (Å²) in [5.41, 5.74) is 0. The molecule has 0 aliphatic rings. The van der Waals surface area contributed by atoms with Crippen LogP contribution in [-0.4, -0.2) is 15.2 Å². The number of nitrogens with zero attached hydrogens (tertiary/aromatic N) is 1. The molecule has 0 amide bonds. The van der Waals surface area contributed by atoms with Crippen LogP contribution in [0.15, 0.2) is 35.2 Å². The second-order valence-corrected chi connectivity index (χ2v) is 4.15. The smallest absolute Gasteiger partial charge is 0.213 e. The fourth-order valence-corrected chi connectivity index (χ4v) is 1.99. The van der Waals surface area contributed by atoms with Crippen molar-refractivity contribution >= 4 is 24.0 Å². The van der Waals surface area contributed by atoms with Crippen LogP contribution in [0.25, 0.3) is 0 Å². The van der Waals surface area contributed by atoms with Gasteiger partial charge in [0.25, 0.3) is 0 Å². The van der Waals surface area contributed by atoms with Crippen molar-refractivity contribution in [3.8, 4) is 0 Å². The first kappa shape index (κ1) is 9.48. The van der Waals surface area contributed by atoms with Crippen molar-refractivity contribution < 1.29 is 0 Å². The molecule has 0 spiro atoms. The number of rotatable bonds is 3. The molecule has 0 aliphatic heterocycles. The van der Waals surface area contributed by atoms with E-state index in [1.54, 1.807) is 11.8 Å². The zero-order valence-electron chi connectivity index (χ0n) is 7.36. The third-order valence-electron chi connectivity index (χ3n) is 1.67. The highest BCUT2D eigenvalue weighted by Crippen LogP contribution is 2.19. The van der Waals surface area contributed by atoms with Gasteiger partial charge in [-0.2, -0.15) is 0 Å². The number of nitrogens with one attached hydrogen (secondary N) is 2. The Balaban J connectivity index is 1.98. The molecule has 0 saturated heterocycles. The highest BCUT2D eigenvalue weighted by Gasteiger charge is 1.97. The lowest BCUT2D eigenvalue weighted by molar-refractivity contribution is 1.02. The summed E-state index contributed by atoms with van der Waals surface area (Å²) < 4.78 is 0.508. The minimum absolute atomic E-state index is 0.508. The van der Waals surface area contributed by atoms with Crippen molar-refractivity contribution in [1.82, 2.24) is 15.2 Å². The maximum Gasteiger partial charge on any atom is 0.213 e. The molecule has 0 radical (unpaired) electrons. The highest BCUT2D eigenvalue weighted by molar-refractivity contribution is 7.98. The molecular weight excluding hydrogens is 214 g/mol. The maximum atomic E-state index is 4.86. The second kappa shape index (κ2) is 4.43. The Labute approximate surface area is 91.0 Å². The van der Waals surface area contributed by atoms with Gasteiger partial charge < -0.3 is 0 Å². The van der Waals surface area contributed by atoms with E-state index in [2.05, 4.69) is 27.3 Å². The van der Waals surface area contributed by atoms with Gasteiger partial charge in [0, 0.05) is 4.90 Å². The van der Waals surface area contributed by atoms with Gasteiger partial charge in [-0.05, 0) is 24.4 Å². The van der Waals surface area contributed by atoms with E-state index in [-0.39, 0.29) is 0 Å². The molecule has 2 N–H and O–H groups in total. The Kier molecular flexibility index (Phi) is 3.00. The Morgan fingerprint density at radius 1 is 1.21 bits per heavy atom. The molecule has 2 rings (SSSR count). The molecule has 0 saturated carbocycles. The summed E-state index contributed by atoms with van der Waals surface area (Å²) in [5, 5.41) is 5.68. The average Bonchev–Trinajstić information content (AvgIpc) is 2.63. The predicted molar refractivity (Wildman–Crippen MR) is 59.8 cm³/mol. The number of H-pyrrole nitrogens is 2. The number of benzene rings is 1. The number of aromatic nitrogens is 3. The van der Waals surface area contributed by atoms with Crippen molar-refractivity contribution in [2.75, 3.05) is 0 Å². The largest absolute Gasteiger partial charge is 0.285 e. The molecule has 3 nitrogen and oxygen atoms in total. The molecule has 1 heterocycles. The standard InChI is InChI=1S/C9H9N3S2/c13-9-10-8(11-12-9)6-14-7-4-2-1-3-5-7/h1-5H,6H2,(H2,10,11,12,13). The van der Waals surface area contributed by atoms with Crippen LogP contribution in [0.1, 0.15) is 5.82 Å². The summed E-state index contributed by atoms with van der Waals surface area (Å²) in [6.45, 7) is 0. The van der Waals surface area contributed by atoms with Crippen LogP contribution >= 0.6 is 24.0 Å². The van der Waals surface area contributed by atoms with Crippen molar-refractivity contribution in [1.29, 1.82) is 0 Å². The van der Waals surface area contributed by atoms with Crippen LogP contribution in [0.2, 0.25) is 0 Å². The van der Waals surface area contributed by atoms with E-state index in [0.717, 1.165) is 11.6 Å². The van der Waals surface area contributed by atoms with Crippen molar-refractivity contribution in [2.24, 2.45) is 0 Å². The summed E-state index contributed by atoms with van der Waals surface area (Å²) in [7, 11) is 0. The van der Waals surface area contributed by atoms with E-state index >= 15 is 0 Å². The SMILES string of the molecule is S=c1nc(CSc2ccccc2)[nH][nH]1. The van der Waals surface area contributed by atoms with Crippen LogP contribution in [0.4, 0.5) is 0 Å². The lowest BCUT2D eigenvalue weighted by atomic mass is 10.4. The second-order valence-electron chi connectivity index (χ2n) is 2.72.